The molecule has 4 heterocycles. The number of anilines is 1. The van der Waals surface area contributed by atoms with E-state index in [9.17, 15) is 27.9 Å². The lowest BCUT2D eigenvalue weighted by atomic mass is 10.2. The molecule has 40 heavy (non-hydrogen) atoms. The van der Waals surface area contributed by atoms with E-state index in [4.69, 9.17) is 11.6 Å². The van der Waals surface area contributed by atoms with Gasteiger partial charge in [0.15, 0.2) is 0 Å². The molecule has 5 aromatic rings. The summed E-state index contributed by atoms with van der Waals surface area (Å²) in [5.41, 5.74) is 1.38. The van der Waals surface area contributed by atoms with Crippen molar-refractivity contribution < 1.29 is 27.8 Å². The van der Waals surface area contributed by atoms with Crippen LogP contribution in [0.5, 0.6) is 6.01 Å². The summed E-state index contributed by atoms with van der Waals surface area (Å²) in [4.78, 5) is 36.9. The number of aromatic nitrogens is 4. The van der Waals surface area contributed by atoms with Gasteiger partial charge in [-0.15, -0.1) is 11.3 Å². The van der Waals surface area contributed by atoms with E-state index in [2.05, 4.69) is 14.7 Å². The maximum atomic E-state index is 13.7. The van der Waals surface area contributed by atoms with Crippen molar-refractivity contribution in [1.82, 2.24) is 19.1 Å². The second-order valence-corrected chi connectivity index (χ2v) is 10.8. The van der Waals surface area contributed by atoms with Crippen LogP contribution < -0.4 is 15.2 Å². The van der Waals surface area contributed by atoms with Crippen LogP contribution >= 0.6 is 22.9 Å². The zero-order chi connectivity index (χ0) is 28.3. The van der Waals surface area contributed by atoms with Crippen LogP contribution in [0, 0.1) is 0 Å². The molecule has 9 nitrogen and oxygen atoms in total. The molecule has 1 aliphatic rings. The Balaban J connectivity index is 1.52. The van der Waals surface area contributed by atoms with Gasteiger partial charge in [0.1, 0.15) is 4.70 Å². The molecule has 1 fully saturated rings. The molecule has 0 spiro atoms. The van der Waals surface area contributed by atoms with Gasteiger partial charge in [-0.25, -0.2) is 14.3 Å². The highest BCUT2D eigenvalue weighted by molar-refractivity contribution is 7.22. The van der Waals surface area contributed by atoms with Crippen molar-refractivity contribution in [3.63, 3.8) is 0 Å². The molecular formula is C26H19ClF3N5O4S. The number of benzene rings is 2. The summed E-state index contributed by atoms with van der Waals surface area (Å²) in [6, 6.07) is 12.2. The number of β-amino-alcohol motifs (C(OH)–C–C–N with tert-alkyl or cyclic N) is 1. The van der Waals surface area contributed by atoms with Crippen molar-refractivity contribution in [3.8, 4) is 22.1 Å². The van der Waals surface area contributed by atoms with Gasteiger partial charge >= 0.3 is 18.2 Å². The van der Waals surface area contributed by atoms with Crippen LogP contribution in [0.1, 0.15) is 6.42 Å². The lowest BCUT2D eigenvalue weighted by Crippen LogP contribution is -2.31. The standard InChI is InChI=1S/C26H19ClF3N5O4S/c1-33-19-10-15(6-7-17(19)31-24(33)34-9-8-16(36)12-34)35-22(37)21-18(32-25(35)39-23(38)26(28,29)30)11-20(40-21)13-2-4-14(27)5-3-13/h2-7,10-11,16,36H,8-9,12H2,1H3/t16-/m0/s1. The van der Waals surface area contributed by atoms with Crippen LogP contribution in [-0.2, 0) is 11.8 Å². The number of imidazole rings is 1. The number of aryl methyl sites for hydroxylation is 1. The zero-order valence-electron chi connectivity index (χ0n) is 20.6. The van der Waals surface area contributed by atoms with E-state index in [0.717, 1.165) is 21.5 Å². The highest BCUT2D eigenvalue weighted by Crippen LogP contribution is 2.34. The van der Waals surface area contributed by atoms with Crippen LogP contribution in [0.2, 0.25) is 5.02 Å². The monoisotopic (exact) mass is 589 g/mol. The first-order valence-electron chi connectivity index (χ1n) is 12.0. The van der Waals surface area contributed by atoms with E-state index in [0.29, 0.717) is 46.4 Å². The average molecular weight is 590 g/mol. The third-order valence-corrected chi connectivity index (χ3v) is 8.02. The van der Waals surface area contributed by atoms with Crippen LogP contribution in [0.3, 0.4) is 0 Å². The van der Waals surface area contributed by atoms with Crippen molar-refractivity contribution in [2.24, 2.45) is 7.05 Å². The minimum Gasteiger partial charge on any atom is -0.391 e. The Morgan fingerprint density at radius 1 is 1.12 bits per heavy atom. The van der Waals surface area contributed by atoms with Gasteiger partial charge in [-0.1, -0.05) is 23.7 Å². The number of nitrogens with zero attached hydrogens (tertiary/aromatic N) is 5. The molecule has 0 saturated carbocycles. The number of ether oxygens (including phenoxy) is 1. The number of rotatable bonds is 4. The molecule has 0 radical (unpaired) electrons. The highest BCUT2D eigenvalue weighted by atomic mass is 35.5. The van der Waals surface area contributed by atoms with Crippen molar-refractivity contribution in [3.05, 3.63) is 63.9 Å². The minimum atomic E-state index is -5.30. The van der Waals surface area contributed by atoms with Crippen molar-refractivity contribution in [2.75, 3.05) is 18.0 Å². The fourth-order valence-corrected chi connectivity index (χ4v) is 5.82. The summed E-state index contributed by atoms with van der Waals surface area (Å²) < 4.78 is 46.9. The van der Waals surface area contributed by atoms with Gasteiger partial charge in [-0.3, -0.25) is 4.79 Å². The Kier molecular flexibility index (Phi) is 6.32. The Hall–Kier alpha value is -3.94. The van der Waals surface area contributed by atoms with E-state index >= 15 is 0 Å². The Morgan fingerprint density at radius 2 is 1.88 bits per heavy atom. The van der Waals surface area contributed by atoms with E-state index < -0.39 is 29.8 Å². The molecule has 206 valence electrons. The fourth-order valence-electron chi connectivity index (χ4n) is 4.66. The molecule has 0 bridgehead atoms. The molecule has 1 atom stereocenters. The smallest absolute Gasteiger partial charge is 0.391 e. The number of aliphatic hydroxyl groups is 1. The second kappa shape index (κ2) is 9.61. The van der Waals surface area contributed by atoms with Crippen LogP contribution in [0.4, 0.5) is 19.1 Å². The van der Waals surface area contributed by atoms with Gasteiger partial charge in [0, 0.05) is 30.0 Å². The SMILES string of the molecule is Cn1c(N2CC[C@H](O)C2)nc2ccc(-n3c(OC(=O)C(F)(F)F)nc4cc(-c5ccc(Cl)cc5)sc4c3=O)cc21. The summed E-state index contributed by atoms with van der Waals surface area (Å²) in [6.45, 7) is 1.02. The summed E-state index contributed by atoms with van der Waals surface area (Å²) in [6.07, 6.45) is -5.18. The summed E-state index contributed by atoms with van der Waals surface area (Å²) in [5.74, 6) is -1.91. The maximum Gasteiger partial charge on any atom is 0.491 e. The lowest BCUT2D eigenvalue weighted by Gasteiger charge is -2.16. The molecule has 1 N–H and O–H groups in total. The lowest BCUT2D eigenvalue weighted by molar-refractivity contribution is -0.190. The van der Waals surface area contributed by atoms with Crippen LogP contribution in [0.25, 0.3) is 37.4 Å². The average Bonchev–Trinajstić information content (AvgIpc) is 3.61. The van der Waals surface area contributed by atoms with Gasteiger partial charge < -0.3 is 19.3 Å². The Labute approximate surface area is 232 Å². The molecule has 0 unspecified atom stereocenters. The third-order valence-electron chi connectivity index (χ3n) is 6.61. The number of carbonyl (C=O) groups is 1. The molecule has 0 aliphatic carbocycles. The third kappa shape index (κ3) is 4.59. The Morgan fingerprint density at radius 3 is 2.55 bits per heavy atom. The number of aliphatic hydroxyl groups excluding tert-OH is 1. The van der Waals surface area contributed by atoms with E-state index in [1.54, 1.807) is 54.1 Å². The molecule has 14 heteroatoms. The number of fused-ring (bicyclic) bond motifs is 2. The first-order chi connectivity index (χ1) is 19.0. The Bertz CT molecular complexity index is 1850. The van der Waals surface area contributed by atoms with Gasteiger partial charge in [-0.05, 0) is 48.4 Å². The molecular weight excluding hydrogens is 571 g/mol. The van der Waals surface area contributed by atoms with Gasteiger partial charge in [-0.2, -0.15) is 18.2 Å². The largest absolute Gasteiger partial charge is 0.491 e. The number of carbonyl (C=O) groups excluding carboxylic acids is 1. The van der Waals surface area contributed by atoms with Crippen LogP contribution in [0.15, 0.2) is 53.3 Å². The van der Waals surface area contributed by atoms with Crippen molar-refractivity contribution in [1.29, 1.82) is 0 Å². The predicted molar refractivity (Wildman–Crippen MR) is 144 cm³/mol. The molecule has 1 aliphatic heterocycles. The van der Waals surface area contributed by atoms with Gasteiger partial charge in [0.25, 0.3) is 5.56 Å². The molecule has 3 aromatic heterocycles. The maximum absolute atomic E-state index is 13.7. The number of hydrogen-bond donors (Lipinski definition) is 1. The molecule has 1 saturated heterocycles. The van der Waals surface area contributed by atoms with Gasteiger partial charge in [0.2, 0.25) is 5.95 Å². The summed E-state index contributed by atoms with van der Waals surface area (Å²) in [5, 5.41) is 10.4. The number of halogens is 4. The quantitative estimate of drug-likeness (QED) is 0.303. The van der Waals surface area contributed by atoms with Crippen molar-refractivity contribution in [2.45, 2.75) is 18.7 Å². The first kappa shape index (κ1) is 26.3. The molecule has 6 rings (SSSR count). The number of esters is 1. The summed E-state index contributed by atoms with van der Waals surface area (Å²) in [7, 11) is 1.76. The molecule has 0 amide bonds. The first-order valence-corrected chi connectivity index (χ1v) is 13.2. The molecule has 2 aromatic carbocycles. The normalized spacial score (nSPS) is 15.8. The van der Waals surface area contributed by atoms with Crippen LogP contribution in [-0.4, -0.2) is 55.5 Å². The topological polar surface area (TPSA) is 102 Å². The van der Waals surface area contributed by atoms with Crippen molar-refractivity contribution >= 4 is 56.1 Å². The van der Waals surface area contributed by atoms with E-state index in [1.165, 1.54) is 6.07 Å². The van der Waals surface area contributed by atoms with E-state index in [-0.39, 0.29) is 15.9 Å². The zero-order valence-corrected chi connectivity index (χ0v) is 22.2. The predicted octanol–water partition coefficient (Wildman–Crippen LogP) is 4.69. The summed E-state index contributed by atoms with van der Waals surface area (Å²) >= 11 is 7.08. The number of hydrogen-bond acceptors (Lipinski definition) is 8. The number of thiophene rings is 1. The second-order valence-electron chi connectivity index (χ2n) is 9.29. The van der Waals surface area contributed by atoms with Gasteiger partial charge in [0.05, 0.1) is 28.3 Å². The highest BCUT2D eigenvalue weighted by Gasteiger charge is 2.42. The van der Waals surface area contributed by atoms with E-state index in [1.807, 2.05) is 4.90 Å². The minimum absolute atomic E-state index is 0.0812. The number of alkyl halides is 3. The fraction of sp³-hybridized carbons (Fsp3) is 0.231.